The number of carbonyl (C=O) groups is 1. The molecule has 21 heavy (non-hydrogen) atoms. The Labute approximate surface area is 125 Å². The van der Waals surface area contributed by atoms with E-state index < -0.39 is 11.6 Å². The molecule has 0 heterocycles. The summed E-state index contributed by atoms with van der Waals surface area (Å²) in [5, 5.41) is 0. The molecule has 0 unspecified atom stereocenters. The molecule has 1 aliphatic carbocycles. The minimum Gasteiger partial charge on any atom is -0.343 e. The maximum atomic E-state index is 13.5. The van der Waals surface area contributed by atoms with Crippen LogP contribution >= 0.6 is 0 Å². The van der Waals surface area contributed by atoms with Gasteiger partial charge in [0.15, 0.2) is 0 Å². The number of hydrogen-bond donors (Lipinski definition) is 0. The van der Waals surface area contributed by atoms with Gasteiger partial charge in [-0.1, -0.05) is 25.7 Å². The predicted octanol–water partition coefficient (Wildman–Crippen LogP) is 4.08. The Balaban J connectivity index is 1.89. The van der Waals surface area contributed by atoms with Crippen LogP contribution in [0.25, 0.3) is 0 Å². The zero-order valence-corrected chi connectivity index (χ0v) is 12.6. The Morgan fingerprint density at radius 2 is 1.86 bits per heavy atom. The van der Waals surface area contributed by atoms with Gasteiger partial charge < -0.3 is 4.90 Å². The number of benzene rings is 1. The summed E-state index contributed by atoms with van der Waals surface area (Å²) >= 11 is 0. The first-order chi connectivity index (χ1) is 10.1. The van der Waals surface area contributed by atoms with Crippen molar-refractivity contribution in [3.05, 3.63) is 35.4 Å². The van der Waals surface area contributed by atoms with Gasteiger partial charge in [-0.25, -0.2) is 8.78 Å². The molecule has 0 bridgehead atoms. The van der Waals surface area contributed by atoms with E-state index in [9.17, 15) is 13.6 Å². The highest BCUT2D eigenvalue weighted by Crippen LogP contribution is 2.22. The molecular formula is C17H23F2NO. The molecule has 0 aromatic heterocycles. The first kappa shape index (κ1) is 15.9. The molecule has 0 N–H and O–H groups in total. The van der Waals surface area contributed by atoms with Crippen molar-refractivity contribution in [1.29, 1.82) is 0 Å². The predicted molar refractivity (Wildman–Crippen MR) is 78.9 cm³/mol. The lowest BCUT2D eigenvalue weighted by atomic mass is 10.1. The van der Waals surface area contributed by atoms with E-state index in [1.807, 2.05) is 11.9 Å². The van der Waals surface area contributed by atoms with E-state index in [1.54, 1.807) is 0 Å². The van der Waals surface area contributed by atoms with Crippen LogP contribution in [0.5, 0.6) is 0 Å². The van der Waals surface area contributed by atoms with Gasteiger partial charge in [0, 0.05) is 19.5 Å². The Kier molecular flexibility index (Phi) is 5.71. The summed E-state index contributed by atoms with van der Waals surface area (Å²) in [5.74, 6) is -0.886. The van der Waals surface area contributed by atoms with Crippen LogP contribution in [0, 0.1) is 11.6 Å². The van der Waals surface area contributed by atoms with E-state index >= 15 is 0 Å². The van der Waals surface area contributed by atoms with Crippen LogP contribution in [-0.2, 0) is 11.2 Å². The summed E-state index contributed by atoms with van der Waals surface area (Å²) < 4.78 is 26.6. The fourth-order valence-corrected chi connectivity index (χ4v) is 3.00. The third kappa shape index (κ3) is 4.51. The van der Waals surface area contributed by atoms with Crippen molar-refractivity contribution >= 4 is 5.91 Å². The number of nitrogens with zero attached hydrogens (tertiary/aromatic N) is 1. The molecule has 2 nitrogen and oxygen atoms in total. The van der Waals surface area contributed by atoms with E-state index in [-0.39, 0.29) is 24.3 Å². The van der Waals surface area contributed by atoms with Crippen molar-refractivity contribution in [2.75, 3.05) is 7.05 Å². The summed E-state index contributed by atoms with van der Waals surface area (Å²) in [4.78, 5) is 14.0. The minimum atomic E-state index is -0.462. The van der Waals surface area contributed by atoms with E-state index in [0.717, 1.165) is 25.0 Å². The van der Waals surface area contributed by atoms with Gasteiger partial charge in [-0.3, -0.25) is 4.79 Å². The van der Waals surface area contributed by atoms with Crippen molar-refractivity contribution in [3.8, 4) is 0 Å². The van der Waals surface area contributed by atoms with Crippen LogP contribution in [-0.4, -0.2) is 23.9 Å². The summed E-state index contributed by atoms with van der Waals surface area (Å²) in [7, 11) is 1.83. The zero-order chi connectivity index (χ0) is 15.2. The largest absolute Gasteiger partial charge is 0.343 e. The molecule has 1 saturated carbocycles. The average molecular weight is 295 g/mol. The molecule has 0 aliphatic heterocycles. The summed E-state index contributed by atoms with van der Waals surface area (Å²) in [5.41, 5.74) is 0.276. The van der Waals surface area contributed by atoms with Gasteiger partial charge in [-0.2, -0.15) is 0 Å². The quantitative estimate of drug-likeness (QED) is 0.767. The highest BCUT2D eigenvalue weighted by molar-refractivity contribution is 5.76. The van der Waals surface area contributed by atoms with Crippen molar-refractivity contribution in [1.82, 2.24) is 4.90 Å². The van der Waals surface area contributed by atoms with Gasteiger partial charge in [-0.15, -0.1) is 0 Å². The number of aryl methyl sites for hydroxylation is 1. The first-order valence-corrected chi connectivity index (χ1v) is 7.77. The molecule has 1 fully saturated rings. The lowest BCUT2D eigenvalue weighted by Gasteiger charge is -2.27. The van der Waals surface area contributed by atoms with Crippen molar-refractivity contribution in [3.63, 3.8) is 0 Å². The van der Waals surface area contributed by atoms with Crippen LogP contribution in [0.15, 0.2) is 18.2 Å². The third-order valence-electron chi connectivity index (χ3n) is 4.38. The second kappa shape index (κ2) is 7.53. The van der Waals surface area contributed by atoms with Crippen LogP contribution in [0.4, 0.5) is 8.78 Å². The smallest absolute Gasteiger partial charge is 0.222 e. The van der Waals surface area contributed by atoms with E-state index in [1.165, 1.54) is 31.7 Å². The molecule has 0 saturated heterocycles. The molecule has 2 rings (SSSR count). The maximum Gasteiger partial charge on any atom is 0.222 e. The number of halogens is 2. The zero-order valence-electron chi connectivity index (χ0n) is 12.6. The van der Waals surface area contributed by atoms with Gasteiger partial charge in [0.1, 0.15) is 11.6 Å². The van der Waals surface area contributed by atoms with E-state index in [4.69, 9.17) is 0 Å². The van der Waals surface area contributed by atoms with Crippen molar-refractivity contribution < 1.29 is 13.6 Å². The molecule has 0 spiro atoms. The standard InChI is InChI=1S/C17H23F2NO/c1-20(15-6-4-2-3-5-7-15)17(21)11-8-13-12-14(18)9-10-16(13)19/h9-10,12,15H,2-8,11H2,1H3. The average Bonchev–Trinajstić information content (AvgIpc) is 2.76. The van der Waals surface area contributed by atoms with Crippen LogP contribution in [0.3, 0.4) is 0 Å². The fourth-order valence-electron chi connectivity index (χ4n) is 3.00. The maximum absolute atomic E-state index is 13.5. The Hall–Kier alpha value is -1.45. The fraction of sp³-hybridized carbons (Fsp3) is 0.588. The second-order valence-corrected chi connectivity index (χ2v) is 5.89. The molecule has 0 atom stereocenters. The highest BCUT2D eigenvalue weighted by atomic mass is 19.1. The first-order valence-electron chi connectivity index (χ1n) is 7.77. The van der Waals surface area contributed by atoms with Gasteiger partial charge in [0.05, 0.1) is 0 Å². The molecular weight excluding hydrogens is 272 g/mol. The summed E-state index contributed by atoms with van der Waals surface area (Å²) in [6, 6.07) is 3.69. The van der Waals surface area contributed by atoms with Crippen LogP contribution < -0.4 is 0 Å². The molecule has 0 radical (unpaired) electrons. The molecule has 1 aliphatic rings. The van der Waals surface area contributed by atoms with E-state index in [0.29, 0.717) is 6.04 Å². The molecule has 4 heteroatoms. The van der Waals surface area contributed by atoms with E-state index in [2.05, 4.69) is 0 Å². The van der Waals surface area contributed by atoms with Crippen molar-refractivity contribution in [2.24, 2.45) is 0 Å². The number of carbonyl (C=O) groups excluding carboxylic acids is 1. The molecule has 116 valence electrons. The van der Waals surface area contributed by atoms with Crippen molar-refractivity contribution in [2.45, 2.75) is 57.4 Å². The normalized spacial score (nSPS) is 16.5. The van der Waals surface area contributed by atoms with Gasteiger partial charge in [0.25, 0.3) is 0 Å². The monoisotopic (exact) mass is 295 g/mol. The number of amides is 1. The lowest BCUT2D eigenvalue weighted by molar-refractivity contribution is -0.132. The second-order valence-electron chi connectivity index (χ2n) is 5.89. The van der Waals surface area contributed by atoms with Crippen LogP contribution in [0.1, 0.15) is 50.5 Å². The number of rotatable bonds is 4. The molecule has 1 aromatic rings. The Morgan fingerprint density at radius 1 is 1.19 bits per heavy atom. The Morgan fingerprint density at radius 3 is 2.52 bits per heavy atom. The molecule has 1 aromatic carbocycles. The molecule has 1 amide bonds. The SMILES string of the molecule is CN(C(=O)CCc1cc(F)ccc1F)C1CCCCCC1. The van der Waals surface area contributed by atoms with Gasteiger partial charge >= 0.3 is 0 Å². The van der Waals surface area contributed by atoms with Crippen LogP contribution in [0.2, 0.25) is 0 Å². The highest BCUT2D eigenvalue weighted by Gasteiger charge is 2.21. The topological polar surface area (TPSA) is 20.3 Å². The summed E-state index contributed by atoms with van der Waals surface area (Å²) in [6.07, 6.45) is 7.40. The third-order valence-corrected chi connectivity index (χ3v) is 4.38. The summed E-state index contributed by atoms with van der Waals surface area (Å²) in [6.45, 7) is 0. The lowest BCUT2D eigenvalue weighted by Crippen LogP contribution is -2.36. The van der Waals surface area contributed by atoms with Gasteiger partial charge in [-0.05, 0) is 43.0 Å². The number of hydrogen-bond acceptors (Lipinski definition) is 1. The van der Waals surface area contributed by atoms with Gasteiger partial charge in [0.2, 0.25) is 5.91 Å². The minimum absolute atomic E-state index is 0.0190. The Bertz CT molecular complexity index is 482.